The van der Waals surface area contributed by atoms with Crippen LogP contribution in [0.4, 0.5) is 11.5 Å². The number of carbonyl (C=O) groups excluding carboxylic acids is 2. The smallest absolute Gasteiger partial charge is 0.333 e. The first-order chi connectivity index (χ1) is 16.6. The quantitative estimate of drug-likeness (QED) is 0.393. The Morgan fingerprint density at radius 2 is 1.74 bits per heavy atom. The Morgan fingerprint density at radius 1 is 1.03 bits per heavy atom. The zero-order valence-electron chi connectivity index (χ0n) is 18.9. The van der Waals surface area contributed by atoms with Gasteiger partial charge in [0.25, 0.3) is 5.91 Å². The summed E-state index contributed by atoms with van der Waals surface area (Å²) in [5.41, 5.74) is 1.71. The first-order valence-electron chi connectivity index (χ1n) is 11.7. The van der Waals surface area contributed by atoms with Gasteiger partial charge in [-0.05, 0) is 17.7 Å². The normalized spacial score (nSPS) is 24.2. The summed E-state index contributed by atoms with van der Waals surface area (Å²) in [6.07, 6.45) is 3.10. The summed E-state index contributed by atoms with van der Waals surface area (Å²) in [7, 11) is 0. The van der Waals surface area contributed by atoms with Gasteiger partial charge < -0.3 is 24.4 Å². The van der Waals surface area contributed by atoms with Crippen molar-refractivity contribution in [2.45, 2.75) is 25.0 Å². The number of esters is 1. The minimum absolute atomic E-state index is 0.104. The van der Waals surface area contributed by atoms with Crippen LogP contribution >= 0.6 is 0 Å². The number of hydrogen-bond acceptors (Lipinski definition) is 6. The third-order valence-corrected chi connectivity index (χ3v) is 6.95. The summed E-state index contributed by atoms with van der Waals surface area (Å²) in [5.74, 6) is 0.345. The van der Waals surface area contributed by atoms with Crippen LogP contribution in [0, 0.1) is 5.92 Å². The highest BCUT2D eigenvalue weighted by Crippen LogP contribution is 2.36. The van der Waals surface area contributed by atoms with Crippen LogP contribution < -0.4 is 10.6 Å². The monoisotopic (exact) mass is 461 g/mol. The second kappa shape index (κ2) is 9.69. The van der Waals surface area contributed by atoms with Crippen LogP contribution in [-0.4, -0.2) is 53.8 Å². The van der Waals surface area contributed by atoms with Gasteiger partial charge >= 0.3 is 5.97 Å². The standard InChI is InChI=1S/C26H28N4O4/c31-24(28-23-13-16-33-29-23)18-30-14-11-19(12-15-30)22(17-30)34-26(32)25(20-7-3-1-4-8-20)27-21-9-5-2-6-10-21/h1-10,13,16,19,22,25,27H,11-12,14-15,17-18H2/p+1/t19?,22-,25?,30?/m0/s1. The SMILES string of the molecule is O=C(C[N+]12CCC(CC1)[C@@H](OC(=O)C(Nc1ccccc1)c1ccccc1)C2)Nc1ccon1. The van der Waals surface area contributed by atoms with Gasteiger partial charge in [-0.3, -0.25) is 4.79 Å². The van der Waals surface area contributed by atoms with Gasteiger partial charge in [-0.25, -0.2) is 4.79 Å². The Hall–Kier alpha value is -3.65. The van der Waals surface area contributed by atoms with Gasteiger partial charge in [-0.1, -0.05) is 53.7 Å². The Morgan fingerprint density at radius 3 is 2.41 bits per heavy atom. The number of carbonyl (C=O) groups is 2. The molecule has 3 aromatic rings. The maximum absolute atomic E-state index is 13.4. The number of fused-ring (bicyclic) bond motifs is 3. The molecule has 2 atom stereocenters. The second-order valence-electron chi connectivity index (χ2n) is 9.23. The summed E-state index contributed by atoms with van der Waals surface area (Å²) in [6.45, 7) is 2.80. The second-order valence-corrected chi connectivity index (χ2v) is 9.23. The zero-order chi connectivity index (χ0) is 23.4. The van der Waals surface area contributed by atoms with E-state index in [0.717, 1.165) is 37.2 Å². The Labute approximate surface area is 198 Å². The van der Waals surface area contributed by atoms with Gasteiger partial charge in [0.2, 0.25) is 0 Å². The van der Waals surface area contributed by atoms with Gasteiger partial charge in [0.1, 0.15) is 12.8 Å². The zero-order valence-corrected chi connectivity index (χ0v) is 18.9. The van der Waals surface area contributed by atoms with Crippen molar-refractivity contribution in [3.8, 4) is 0 Å². The van der Waals surface area contributed by atoms with Crippen molar-refractivity contribution >= 4 is 23.4 Å². The summed E-state index contributed by atoms with van der Waals surface area (Å²) < 4.78 is 11.6. The fraction of sp³-hybridized carbons (Fsp3) is 0.346. The largest absolute Gasteiger partial charge is 0.454 e. The van der Waals surface area contributed by atoms with E-state index in [1.807, 2.05) is 60.7 Å². The number of para-hydroxylation sites is 1. The maximum Gasteiger partial charge on any atom is 0.333 e. The molecule has 2 bridgehead atoms. The van der Waals surface area contributed by atoms with E-state index in [2.05, 4.69) is 15.8 Å². The number of amides is 1. The van der Waals surface area contributed by atoms with Crippen molar-refractivity contribution < 1.29 is 23.3 Å². The van der Waals surface area contributed by atoms with E-state index < -0.39 is 6.04 Å². The maximum atomic E-state index is 13.4. The van der Waals surface area contributed by atoms with Gasteiger partial charge in [-0.15, -0.1) is 0 Å². The molecule has 0 aliphatic carbocycles. The van der Waals surface area contributed by atoms with Crippen LogP contribution in [0.25, 0.3) is 0 Å². The number of nitrogens with zero attached hydrogens (tertiary/aromatic N) is 2. The predicted molar refractivity (Wildman–Crippen MR) is 127 cm³/mol. The lowest BCUT2D eigenvalue weighted by atomic mass is 9.83. The molecule has 3 aliphatic heterocycles. The van der Waals surface area contributed by atoms with Crippen molar-refractivity contribution in [3.05, 3.63) is 78.6 Å². The molecule has 8 heteroatoms. The summed E-state index contributed by atoms with van der Waals surface area (Å²) >= 11 is 0. The highest BCUT2D eigenvalue weighted by Gasteiger charge is 2.49. The number of anilines is 2. The summed E-state index contributed by atoms with van der Waals surface area (Å²) in [5, 5.41) is 9.88. The molecule has 0 saturated carbocycles. The van der Waals surface area contributed by atoms with E-state index in [1.165, 1.54) is 6.26 Å². The molecule has 4 heterocycles. The molecule has 34 heavy (non-hydrogen) atoms. The number of ether oxygens (including phenoxy) is 1. The minimum Gasteiger partial charge on any atom is -0.454 e. The van der Waals surface area contributed by atoms with Crippen LogP contribution in [0.1, 0.15) is 24.4 Å². The van der Waals surface area contributed by atoms with Crippen molar-refractivity contribution in [1.29, 1.82) is 0 Å². The van der Waals surface area contributed by atoms with E-state index in [1.54, 1.807) is 6.07 Å². The molecule has 0 radical (unpaired) electrons. The fourth-order valence-electron chi connectivity index (χ4n) is 5.18. The lowest BCUT2D eigenvalue weighted by Gasteiger charge is -2.51. The van der Waals surface area contributed by atoms with E-state index in [0.29, 0.717) is 29.3 Å². The van der Waals surface area contributed by atoms with Crippen molar-refractivity contribution in [3.63, 3.8) is 0 Å². The molecule has 3 aliphatic rings. The highest BCUT2D eigenvalue weighted by molar-refractivity contribution is 5.90. The number of piperidine rings is 3. The average Bonchev–Trinajstić information content (AvgIpc) is 3.37. The van der Waals surface area contributed by atoms with E-state index in [4.69, 9.17) is 9.26 Å². The van der Waals surface area contributed by atoms with E-state index in [-0.39, 0.29) is 18.0 Å². The van der Waals surface area contributed by atoms with Gasteiger partial charge in [0.15, 0.2) is 24.5 Å². The summed E-state index contributed by atoms with van der Waals surface area (Å²) in [4.78, 5) is 26.1. The molecule has 1 amide bonds. The molecule has 0 spiro atoms. The highest BCUT2D eigenvalue weighted by atomic mass is 16.5. The van der Waals surface area contributed by atoms with E-state index in [9.17, 15) is 9.59 Å². The van der Waals surface area contributed by atoms with Crippen LogP contribution in [0.15, 0.2) is 77.5 Å². The summed E-state index contributed by atoms with van der Waals surface area (Å²) in [6, 6.07) is 20.3. The number of benzene rings is 2. The molecule has 3 saturated heterocycles. The van der Waals surface area contributed by atoms with Crippen LogP contribution in [0.3, 0.4) is 0 Å². The number of nitrogens with one attached hydrogen (secondary N) is 2. The van der Waals surface area contributed by atoms with Crippen molar-refractivity contribution in [1.82, 2.24) is 5.16 Å². The van der Waals surface area contributed by atoms with Crippen LogP contribution in [0.2, 0.25) is 0 Å². The van der Waals surface area contributed by atoms with Crippen LogP contribution in [-0.2, 0) is 14.3 Å². The number of hydrogen-bond donors (Lipinski definition) is 2. The molecule has 2 aromatic carbocycles. The molecular weight excluding hydrogens is 432 g/mol. The molecule has 176 valence electrons. The van der Waals surface area contributed by atoms with Gasteiger partial charge in [0, 0.05) is 30.5 Å². The molecule has 1 unspecified atom stereocenters. The van der Waals surface area contributed by atoms with Gasteiger partial charge in [-0.2, -0.15) is 0 Å². The molecular formula is C26H29N4O4+. The number of rotatable bonds is 8. The lowest BCUT2D eigenvalue weighted by Crippen LogP contribution is -2.66. The Bertz CT molecular complexity index is 1100. The van der Waals surface area contributed by atoms with Gasteiger partial charge in [0.05, 0.1) is 13.1 Å². The average molecular weight is 462 g/mol. The topological polar surface area (TPSA) is 93.5 Å². The first-order valence-corrected chi connectivity index (χ1v) is 11.7. The molecule has 1 aromatic heterocycles. The van der Waals surface area contributed by atoms with Crippen LogP contribution in [0.5, 0.6) is 0 Å². The van der Waals surface area contributed by atoms with E-state index >= 15 is 0 Å². The molecule has 8 nitrogen and oxygen atoms in total. The Balaban J connectivity index is 1.28. The third-order valence-electron chi connectivity index (χ3n) is 6.95. The van der Waals surface area contributed by atoms with Crippen molar-refractivity contribution in [2.75, 3.05) is 36.8 Å². The number of aromatic nitrogens is 1. The molecule has 2 N–H and O–H groups in total. The Kier molecular flexibility index (Phi) is 6.31. The molecule has 6 rings (SSSR count). The fourth-order valence-corrected chi connectivity index (χ4v) is 5.18. The lowest BCUT2D eigenvalue weighted by molar-refractivity contribution is -0.938. The minimum atomic E-state index is -0.608. The number of quaternary nitrogens is 1. The first kappa shape index (κ1) is 22.2. The third kappa shape index (κ3) is 4.97. The predicted octanol–water partition coefficient (Wildman–Crippen LogP) is 3.62. The molecule has 3 fully saturated rings. The van der Waals surface area contributed by atoms with Crippen molar-refractivity contribution in [2.24, 2.45) is 5.92 Å².